The molecule has 100 valence electrons. The summed E-state index contributed by atoms with van der Waals surface area (Å²) in [6, 6.07) is -0.0386. The minimum absolute atomic E-state index is 0.0101. The Balaban J connectivity index is 1.63. The zero-order chi connectivity index (χ0) is 13.0. The average Bonchev–Trinajstić information content (AvgIpc) is 2.90. The molecule has 1 saturated carbocycles. The van der Waals surface area contributed by atoms with E-state index in [1.54, 1.807) is 23.5 Å². The lowest BCUT2D eigenvalue weighted by Crippen LogP contribution is -2.54. The molecular weight excluding hydrogens is 246 g/mol. The van der Waals surface area contributed by atoms with Crippen molar-refractivity contribution < 1.29 is 14.6 Å². The fourth-order valence-electron chi connectivity index (χ4n) is 3.46. The number of fused-ring (bicyclic) bond motifs is 1. The van der Waals surface area contributed by atoms with Gasteiger partial charge in [-0.25, -0.2) is 0 Å². The van der Waals surface area contributed by atoms with Crippen LogP contribution in [0.4, 0.5) is 0 Å². The van der Waals surface area contributed by atoms with Gasteiger partial charge in [0.25, 0.3) is 5.91 Å². The highest BCUT2D eigenvalue weighted by Crippen LogP contribution is 2.50. The zero-order valence-electron chi connectivity index (χ0n) is 10.4. The molecule has 0 bridgehead atoms. The third-order valence-corrected chi connectivity index (χ3v) is 4.37. The van der Waals surface area contributed by atoms with Crippen molar-refractivity contribution in [1.29, 1.82) is 0 Å². The van der Waals surface area contributed by atoms with E-state index in [9.17, 15) is 9.90 Å². The van der Waals surface area contributed by atoms with Gasteiger partial charge in [0.05, 0.1) is 24.0 Å². The minimum atomic E-state index is -0.759. The van der Waals surface area contributed by atoms with Crippen LogP contribution >= 0.6 is 0 Å². The predicted octanol–water partition coefficient (Wildman–Crippen LogP) is 0.390. The molecule has 0 aromatic carbocycles. The molecule has 19 heavy (non-hydrogen) atoms. The Labute approximate surface area is 110 Å². The highest BCUT2D eigenvalue weighted by Gasteiger charge is 2.62. The molecule has 0 unspecified atom stereocenters. The Bertz CT molecular complexity index is 515. The van der Waals surface area contributed by atoms with Crippen LogP contribution < -0.4 is 0 Å². The maximum Gasteiger partial charge on any atom is 0.257 e. The van der Waals surface area contributed by atoms with E-state index in [1.165, 1.54) is 0 Å². The third-order valence-electron chi connectivity index (χ3n) is 4.37. The maximum absolute atomic E-state index is 12.6. The normalized spacial score (nSPS) is 40.6. The van der Waals surface area contributed by atoms with Crippen LogP contribution in [0.2, 0.25) is 0 Å². The summed E-state index contributed by atoms with van der Waals surface area (Å²) in [6.45, 7) is 0. The number of rotatable bonds is 1. The molecule has 1 aromatic rings. The van der Waals surface area contributed by atoms with Crippen molar-refractivity contribution >= 4 is 5.91 Å². The molecule has 1 N–H and O–H groups in total. The van der Waals surface area contributed by atoms with E-state index in [1.807, 2.05) is 0 Å². The monoisotopic (exact) mass is 261 g/mol. The van der Waals surface area contributed by atoms with Gasteiger partial charge in [-0.2, -0.15) is 0 Å². The van der Waals surface area contributed by atoms with Crippen LogP contribution in [0, 0.1) is 0 Å². The predicted molar refractivity (Wildman–Crippen MR) is 63.7 cm³/mol. The summed E-state index contributed by atoms with van der Waals surface area (Å²) in [5.74, 6) is 0.0101. The molecule has 2 atom stereocenters. The first kappa shape index (κ1) is 11.3. The molecule has 1 aromatic heterocycles. The Morgan fingerprint density at radius 1 is 1.37 bits per heavy atom. The molecule has 2 saturated heterocycles. The first-order chi connectivity index (χ1) is 9.20. The van der Waals surface area contributed by atoms with Gasteiger partial charge in [0.15, 0.2) is 5.60 Å². The van der Waals surface area contributed by atoms with Crippen molar-refractivity contribution in [3.63, 3.8) is 0 Å². The van der Waals surface area contributed by atoms with Gasteiger partial charge in [-0.3, -0.25) is 14.8 Å². The van der Waals surface area contributed by atoms with E-state index in [0.29, 0.717) is 12.8 Å². The van der Waals surface area contributed by atoms with Crippen LogP contribution in [0.1, 0.15) is 37.4 Å². The van der Waals surface area contributed by atoms with Gasteiger partial charge in [0.2, 0.25) is 0 Å². The summed E-state index contributed by atoms with van der Waals surface area (Å²) in [5, 5.41) is 9.46. The summed E-state index contributed by atoms with van der Waals surface area (Å²) >= 11 is 0. The molecule has 0 radical (unpaired) electrons. The van der Waals surface area contributed by atoms with Crippen LogP contribution in [0.25, 0.3) is 0 Å². The summed E-state index contributed by atoms with van der Waals surface area (Å²) in [5.41, 5.74) is 0.0594. The number of aliphatic hydroxyl groups excluding tert-OH is 1. The number of aromatic nitrogens is 2. The Kier molecular flexibility index (Phi) is 2.23. The van der Waals surface area contributed by atoms with Crippen LogP contribution in [0.3, 0.4) is 0 Å². The van der Waals surface area contributed by atoms with E-state index in [2.05, 4.69) is 9.97 Å². The number of carbonyl (C=O) groups excluding carboxylic acids is 1. The Morgan fingerprint density at radius 3 is 2.89 bits per heavy atom. The number of aliphatic hydroxyl groups is 1. The van der Waals surface area contributed by atoms with E-state index >= 15 is 0 Å². The second kappa shape index (κ2) is 3.74. The summed E-state index contributed by atoms with van der Waals surface area (Å²) in [4.78, 5) is 22.7. The van der Waals surface area contributed by atoms with Crippen LogP contribution in [0.15, 0.2) is 18.6 Å². The third kappa shape index (κ3) is 1.47. The maximum atomic E-state index is 12.6. The smallest absolute Gasteiger partial charge is 0.257 e. The molecule has 1 spiro atoms. The lowest BCUT2D eigenvalue weighted by molar-refractivity contribution is -0.165. The van der Waals surface area contributed by atoms with Crippen molar-refractivity contribution in [3.8, 4) is 0 Å². The molecule has 3 aliphatic rings. The first-order valence-corrected chi connectivity index (χ1v) is 6.64. The minimum Gasteiger partial charge on any atom is -0.393 e. The molecule has 2 aliphatic heterocycles. The number of carbonyl (C=O) groups is 1. The van der Waals surface area contributed by atoms with Crippen molar-refractivity contribution in [3.05, 3.63) is 24.3 Å². The van der Waals surface area contributed by atoms with Crippen molar-refractivity contribution in [2.24, 2.45) is 0 Å². The van der Waals surface area contributed by atoms with E-state index in [0.717, 1.165) is 18.5 Å². The fraction of sp³-hybridized carbons (Fsp3) is 0.615. The van der Waals surface area contributed by atoms with Crippen molar-refractivity contribution in [1.82, 2.24) is 14.9 Å². The standard InChI is InChI=1S/C13H15N3O3/c17-8-5-13(6-8)12(18)16-10(1-2-11(16)19-13)9-7-14-3-4-15-9/h3-4,7-8,10-11,17H,1-2,5-6H2/t8?,10-,11+,13?/m0/s1. The fourth-order valence-corrected chi connectivity index (χ4v) is 3.46. The number of nitrogens with zero attached hydrogens (tertiary/aromatic N) is 3. The molecule has 6 nitrogen and oxygen atoms in total. The van der Waals surface area contributed by atoms with E-state index in [4.69, 9.17) is 4.74 Å². The van der Waals surface area contributed by atoms with Gasteiger partial charge in [-0.1, -0.05) is 0 Å². The number of amides is 1. The second-order valence-corrected chi connectivity index (χ2v) is 5.56. The van der Waals surface area contributed by atoms with Gasteiger partial charge < -0.3 is 14.7 Å². The number of hydrogen-bond donors (Lipinski definition) is 1. The lowest BCUT2D eigenvalue weighted by atomic mass is 9.76. The van der Waals surface area contributed by atoms with E-state index in [-0.39, 0.29) is 18.2 Å². The van der Waals surface area contributed by atoms with Gasteiger partial charge >= 0.3 is 0 Å². The number of hydrogen-bond acceptors (Lipinski definition) is 5. The van der Waals surface area contributed by atoms with Gasteiger partial charge in [-0.15, -0.1) is 0 Å². The Morgan fingerprint density at radius 2 is 2.21 bits per heavy atom. The average molecular weight is 261 g/mol. The summed E-state index contributed by atoms with van der Waals surface area (Å²) in [6.07, 6.45) is 6.94. The quantitative estimate of drug-likeness (QED) is 0.791. The van der Waals surface area contributed by atoms with Crippen molar-refractivity contribution in [2.75, 3.05) is 0 Å². The highest BCUT2D eigenvalue weighted by atomic mass is 16.6. The largest absolute Gasteiger partial charge is 0.393 e. The lowest BCUT2D eigenvalue weighted by Gasteiger charge is -2.39. The molecule has 3 heterocycles. The topological polar surface area (TPSA) is 75.6 Å². The van der Waals surface area contributed by atoms with E-state index < -0.39 is 11.7 Å². The molecular formula is C13H15N3O3. The molecule has 4 rings (SSSR count). The van der Waals surface area contributed by atoms with Gasteiger partial charge in [-0.05, 0) is 12.8 Å². The zero-order valence-corrected chi connectivity index (χ0v) is 10.4. The summed E-state index contributed by atoms with van der Waals surface area (Å²) in [7, 11) is 0. The SMILES string of the molecule is O=C1N2[C@@H](CC[C@H]2c2cnccn2)OC12CC(O)C2. The second-order valence-electron chi connectivity index (χ2n) is 5.56. The van der Waals surface area contributed by atoms with Gasteiger partial charge in [0, 0.05) is 25.2 Å². The van der Waals surface area contributed by atoms with Crippen LogP contribution in [0.5, 0.6) is 0 Å². The number of ether oxygens (including phenoxy) is 1. The molecule has 1 amide bonds. The Hall–Kier alpha value is -1.53. The molecule has 3 fully saturated rings. The summed E-state index contributed by atoms with van der Waals surface area (Å²) < 4.78 is 5.91. The highest BCUT2D eigenvalue weighted by molar-refractivity contribution is 5.89. The molecule has 1 aliphatic carbocycles. The first-order valence-electron chi connectivity index (χ1n) is 6.64. The van der Waals surface area contributed by atoms with Crippen molar-refractivity contribution in [2.45, 2.75) is 49.7 Å². The van der Waals surface area contributed by atoms with Crippen LogP contribution in [-0.4, -0.2) is 43.8 Å². The van der Waals surface area contributed by atoms with Crippen LogP contribution in [-0.2, 0) is 9.53 Å². The molecule has 6 heteroatoms. The van der Waals surface area contributed by atoms with Gasteiger partial charge in [0.1, 0.15) is 6.23 Å².